The molecule has 0 atom stereocenters. The van der Waals surface area contributed by atoms with Gasteiger partial charge in [0, 0.05) is 18.9 Å². The first-order valence-electron chi connectivity index (χ1n) is 6.81. The van der Waals surface area contributed by atoms with Gasteiger partial charge in [-0.25, -0.2) is 4.68 Å². The number of aromatic nitrogens is 5. The molecule has 0 aromatic carbocycles. The van der Waals surface area contributed by atoms with E-state index in [1.807, 2.05) is 13.0 Å². The van der Waals surface area contributed by atoms with Gasteiger partial charge in [0.05, 0.1) is 6.61 Å². The minimum absolute atomic E-state index is 0.321. The predicted octanol–water partition coefficient (Wildman–Crippen LogP) is 1.91. The molecule has 0 unspecified atom stereocenters. The van der Waals surface area contributed by atoms with Crippen molar-refractivity contribution in [1.82, 2.24) is 24.7 Å². The normalized spacial score (nSPS) is 10.8. The van der Waals surface area contributed by atoms with E-state index in [2.05, 4.69) is 39.2 Å². The number of anilines is 1. The summed E-state index contributed by atoms with van der Waals surface area (Å²) in [6.07, 6.45) is 4.41. The Balaban J connectivity index is 2.17. The van der Waals surface area contributed by atoms with Gasteiger partial charge in [-0.2, -0.15) is 20.1 Å². The van der Waals surface area contributed by atoms with Crippen LogP contribution in [0.4, 0.5) is 5.95 Å². The molecular formula is C13H20N6O. The van der Waals surface area contributed by atoms with Crippen LogP contribution in [0.15, 0.2) is 18.5 Å². The van der Waals surface area contributed by atoms with E-state index in [0.29, 0.717) is 30.4 Å². The van der Waals surface area contributed by atoms with Crippen molar-refractivity contribution in [2.24, 2.45) is 5.92 Å². The quantitative estimate of drug-likeness (QED) is 0.832. The zero-order chi connectivity index (χ0) is 14.4. The van der Waals surface area contributed by atoms with Crippen LogP contribution in [0, 0.1) is 5.92 Å². The number of nitrogens with one attached hydrogen (secondary N) is 1. The summed E-state index contributed by atoms with van der Waals surface area (Å²) in [4.78, 5) is 12.8. The second-order valence-electron chi connectivity index (χ2n) is 4.75. The summed E-state index contributed by atoms with van der Waals surface area (Å²) in [5.74, 6) is 1.52. The highest BCUT2D eigenvalue weighted by Crippen LogP contribution is 2.11. The smallest absolute Gasteiger partial charge is 0.323 e. The van der Waals surface area contributed by atoms with Crippen molar-refractivity contribution < 1.29 is 4.74 Å². The van der Waals surface area contributed by atoms with Crippen molar-refractivity contribution in [2.45, 2.75) is 27.2 Å². The lowest BCUT2D eigenvalue weighted by molar-refractivity contribution is 0.267. The Labute approximate surface area is 118 Å². The van der Waals surface area contributed by atoms with Gasteiger partial charge in [0.15, 0.2) is 0 Å². The van der Waals surface area contributed by atoms with Gasteiger partial charge in [-0.1, -0.05) is 13.8 Å². The molecule has 20 heavy (non-hydrogen) atoms. The molecule has 0 amide bonds. The summed E-state index contributed by atoms with van der Waals surface area (Å²) >= 11 is 0. The Morgan fingerprint density at radius 3 is 2.80 bits per heavy atom. The van der Waals surface area contributed by atoms with Gasteiger partial charge in [0.1, 0.15) is 0 Å². The fourth-order valence-electron chi connectivity index (χ4n) is 1.52. The molecule has 0 aliphatic rings. The molecule has 0 bridgehead atoms. The fourth-order valence-corrected chi connectivity index (χ4v) is 1.52. The maximum Gasteiger partial charge on any atom is 0.323 e. The van der Waals surface area contributed by atoms with Gasteiger partial charge in [-0.3, -0.25) is 0 Å². The van der Waals surface area contributed by atoms with Crippen molar-refractivity contribution in [1.29, 1.82) is 0 Å². The zero-order valence-corrected chi connectivity index (χ0v) is 12.1. The van der Waals surface area contributed by atoms with E-state index in [1.54, 1.807) is 17.1 Å². The Morgan fingerprint density at radius 1 is 1.30 bits per heavy atom. The number of hydrogen-bond donors (Lipinski definition) is 1. The van der Waals surface area contributed by atoms with Gasteiger partial charge >= 0.3 is 6.01 Å². The second-order valence-corrected chi connectivity index (χ2v) is 4.75. The van der Waals surface area contributed by atoms with Gasteiger partial charge in [0.2, 0.25) is 5.95 Å². The third-order valence-corrected chi connectivity index (χ3v) is 2.57. The molecule has 0 fully saturated rings. The van der Waals surface area contributed by atoms with Crippen LogP contribution in [0.5, 0.6) is 6.01 Å². The Bertz CT molecular complexity index is 526. The van der Waals surface area contributed by atoms with Crippen LogP contribution in [0.3, 0.4) is 0 Å². The molecule has 0 radical (unpaired) electrons. The first-order valence-corrected chi connectivity index (χ1v) is 6.81. The summed E-state index contributed by atoms with van der Waals surface area (Å²) in [6, 6.07) is 2.14. The number of rotatable bonds is 7. The van der Waals surface area contributed by atoms with Gasteiger partial charge in [-0.05, 0) is 25.3 Å². The summed E-state index contributed by atoms with van der Waals surface area (Å²) < 4.78 is 7.18. The minimum Gasteiger partial charge on any atom is -0.463 e. The molecule has 2 rings (SSSR count). The number of hydrogen-bond acceptors (Lipinski definition) is 6. The Morgan fingerprint density at radius 2 is 2.15 bits per heavy atom. The van der Waals surface area contributed by atoms with Crippen molar-refractivity contribution in [3.05, 3.63) is 18.5 Å². The van der Waals surface area contributed by atoms with Crippen LogP contribution < -0.4 is 10.1 Å². The van der Waals surface area contributed by atoms with E-state index in [-0.39, 0.29) is 0 Å². The van der Waals surface area contributed by atoms with E-state index in [9.17, 15) is 0 Å². The maximum atomic E-state index is 5.60. The van der Waals surface area contributed by atoms with Crippen molar-refractivity contribution in [3.63, 3.8) is 0 Å². The minimum atomic E-state index is 0.321. The lowest BCUT2D eigenvalue weighted by Gasteiger charge is -2.09. The lowest BCUT2D eigenvalue weighted by atomic mass is 10.1. The summed E-state index contributed by atoms with van der Waals surface area (Å²) in [7, 11) is 0. The first kappa shape index (κ1) is 14.2. The molecule has 0 saturated heterocycles. The highest BCUT2D eigenvalue weighted by molar-refractivity contribution is 5.29. The molecule has 7 nitrogen and oxygen atoms in total. The largest absolute Gasteiger partial charge is 0.463 e. The Hall–Kier alpha value is -2.18. The van der Waals surface area contributed by atoms with Gasteiger partial charge < -0.3 is 10.1 Å². The third-order valence-electron chi connectivity index (χ3n) is 2.57. The van der Waals surface area contributed by atoms with Crippen LogP contribution in [0.25, 0.3) is 5.95 Å². The van der Waals surface area contributed by atoms with Crippen molar-refractivity contribution in [2.75, 3.05) is 18.5 Å². The molecule has 0 aliphatic carbocycles. The van der Waals surface area contributed by atoms with Crippen molar-refractivity contribution >= 4 is 5.95 Å². The number of ether oxygens (including phenoxy) is 1. The summed E-state index contributed by atoms with van der Waals surface area (Å²) in [6.45, 7) is 7.60. The fraction of sp³-hybridized carbons (Fsp3) is 0.538. The first-order chi connectivity index (χ1) is 9.69. The van der Waals surface area contributed by atoms with E-state index >= 15 is 0 Å². The maximum absolute atomic E-state index is 5.60. The molecule has 0 aliphatic heterocycles. The van der Waals surface area contributed by atoms with Crippen LogP contribution in [0.1, 0.15) is 27.2 Å². The van der Waals surface area contributed by atoms with E-state index in [4.69, 9.17) is 4.74 Å². The van der Waals surface area contributed by atoms with Crippen LogP contribution in [-0.4, -0.2) is 37.9 Å². The summed E-state index contributed by atoms with van der Waals surface area (Å²) in [5, 5.41) is 7.18. The zero-order valence-electron chi connectivity index (χ0n) is 12.1. The molecular weight excluding hydrogens is 256 g/mol. The molecule has 108 valence electrons. The average molecular weight is 276 g/mol. The average Bonchev–Trinajstić information content (AvgIpc) is 2.92. The van der Waals surface area contributed by atoms with Gasteiger partial charge in [-0.15, -0.1) is 0 Å². The lowest BCUT2D eigenvalue weighted by Crippen LogP contribution is -2.12. The predicted molar refractivity (Wildman–Crippen MR) is 76.1 cm³/mol. The summed E-state index contributed by atoms with van der Waals surface area (Å²) in [5.41, 5.74) is 0. The monoisotopic (exact) mass is 276 g/mol. The second kappa shape index (κ2) is 6.83. The van der Waals surface area contributed by atoms with Crippen LogP contribution in [0.2, 0.25) is 0 Å². The number of nitrogens with zero attached hydrogens (tertiary/aromatic N) is 5. The SMILES string of the molecule is CCNc1nc(OCCC(C)C)nc(-n2cccn2)n1. The van der Waals surface area contributed by atoms with E-state index in [1.165, 1.54) is 0 Å². The van der Waals surface area contributed by atoms with E-state index < -0.39 is 0 Å². The van der Waals surface area contributed by atoms with Crippen LogP contribution in [-0.2, 0) is 0 Å². The molecule has 7 heteroatoms. The highest BCUT2D eigenvalue weighted by atomic mass is 16.5. The topological polar surface area (TPSA) is 77.8 Å². The molecule has 2 heterocycles. The third kappa shape index (κ3) is 3.91. The molecule has 2 aromatic rings. The standard InChI is InChI=1S/C13H20N6O/c1-4-14-11-16-12(19-8-5-7-15-19)18-13(17-11)20-9-6-10(2)3/h5,7-8,10H,4,6,9H2,1-3H3,(H,14,16,17,18). The molecule has 1 N–H and O–H groups in total. The van der Waals surface area contributed by atoms with Crippen molar-refractivity contribution in [3.8, 4) is 12.0 Å². The van der Waals surface area contributed by atoms with Gasteiger partial charge in [0.25, 0.3) is 5.95 Å². The molecule has 2 aromatic heterocycles. The van der Waals surface area contributed by atoms with Crippen LogP contribution >= 0.6 is 0 Å². The Kier molecular flexibility index (Phi) is 4.86. The highest BCUT2D eigenvalue weighted by Gasteiger charge is 2.09. The molecule has 0 saturated carbocycles. The molecule has 0 spiro atoms. The van der Waals surface area contributed by atoms with E-state index in [0.717, 1.165) is 13.0 Å².